The molecule has 2 saturated heterocycles. The summed E-state index contributed by atoms with van der Waals surface area (Å²) < 4.78 is 0. The van der Waals surface area contributed by atoms with Gasteiger partial charge in [0.25, 0.3) is 0 Å². The van der Waals surface area contributed by atoms with Crippen LogP contribution in [-0.4, -0.2) is 84.9 Å². The van der Waals surface area contributed by atoms with E-state index in [9.17, 15) is 9.59 Å². The Kier molecular flexibility index (Phi) is 6.23. The number of piperidine rings is 1. The molecule has 0 aromatic carbocycles. The first kappa shape index (κ1) is 19.6. The van der Waals surface area contributed by atoms with E-state index in [1.54, 1.807) is 6.92 Å². The SMILES string of the molecule is CC(=O)NCC1CC12CCN(C(=O)CCN1CCN(C(C)C)CC1)CC2. The van der Waals surface area contributed by atoms with Crippen molar-refractivity contribution in [3.05, 3.63) is 0 Å². The van der Waals surface area contributed by atoms with Crippen molar-refractivity contribution < 1.29 is 9.59 Å². The van der Waals surface area contributed by atoms with Gasteiger partial charge in [0.05, 0.1) is 0 Å². The van der Waals surface area contributed by atoms with E-state index in [0.717, 1.165) is 65.2 Å². The Morgan fingerprint density at radius 2 is 1.73 bits per heavy atom. The number of nitrogens with one attached hydrogen (secondary N) is 1. The van der Waals surface area contributed by atoms with Crippen LogP contribution in [-0.2, 0) is 9.59 Å². The fourth-order valence-electron chi connectivity index (χ4n) is 4.72. The van der Waals surface area contributed by atoms with Crippen molar-refractivity contribution in [3.8, 4) is 0 Å². The van der Waals surface area contributed by atoms with Crippen LogP contribution in [0.1, 0.15) is 46.5 Å². The summed E-state index contributed by atoms with van der Waals surface area (Å²) >= 11 is 0. The number of amides is 2. The van der Waals surface area contributed by atoms with E-state index in [0.29, 0.717) is 29.7 Å². The number of carbonyl (C=O) groups excluding carboxylic acids is 2. The van der Waals surface area contributed by atoms with Gasteiger partial charge in [-0.2, -0.15) is 0 Å². The molecule has 148 valence electrons. The molecule has 0 bridgehead atoms. The number of hydrogen-bond donors (Lipinski definition) is 1. The van der Waals surface area contributed by atoms with E-state index in [2.05, 4.69) is 33.9 Å². The summed E-state index contributed by atoms with van der Waals surface area (Å²) in [5, 5.41) is 2.95. The van der Waals surface area contributed by atoms with E-state index < -0.39 is 0 Å². The number of nitrogens with zero attached hydrogens (tertiary/aromatic N) is 3. The highest BCUT2D eigenvalue weighted by atomic mass is 16.2. The van der Waals surface area contributed by atoms with Gasteiger partial charge in [-0.05, 0) is 44.4 Å². The predicted molar refractivity (Wildman–Crippen MR) is 103 cm³/mol. The third-order valence-corrected chi connectivity index (χ3v) is 6.85. The van der Waals surface area contributed by atoms with Gasteiger partial charge in [0.1, 0.15) is 0 Å². The van der Waals surface area contributed by atoms with Crippen LogP contribution in [0, 0.1) is 11.3 Å². The van der Waals surface area contributed by atoms with Gasteiger partial charge in [-0.25, -0.2) is 0 Å². The lowest BCUT2D eigenvalue weighted by Gasteiger charge is -2.37. The maximum absolute atomic E-state index is 12.6. The second-order valence-electron chi connectivity index (χ2n) is 8.80. The standard InChI is InChI=1S/C20H36N4O2/c1-16(2)23-12-10-22(11-13-23)7-4-19(26)24-8-5-20(6-9-24)14-18(20)15-21-17(3)25/h16,18H,4-15H2,1-3H3,(H,21,25). The van der Waals surface area contributed by atoms with Crippen molar-refractivity contribution in [2.24, 2.45) is 11.3 Å². The molecule has 2 aliphatic heterocycles. The molecular formula is C20H36N4O2. The van der Waals surface area contributed by atoms with Gasteiger partial charge in [-0.15, -0.1) is 0 Å². The highest BCUT2D eigenvalue weighted by molar-refractivity contribution is 5.76. The molecule has 26 heavy (non-hydrogen) atoms. The molecule has 1 unspecified atom stereocenters. The summed E-state index contributed by atoms with van der Waals surface area (Å²) in [6.07, 6.45) is 4.09. The Labute approximate surface area is 158 Å². The lowest BCUT2D eigenvalue weighted by molar-refractivity contribution is -0.133. The van der Waals surface area contributed by atoms with Crippen LogP contribution in [0.5, 0.6) is 0 Å². The van der Waals surface area contributed by atoms with Crippen LogP contribution >= 0.6 is 0 Å². The smallest absolute Gasteiger partial charge is 0.223 e. The van der Waals surface area contributed by atoms with Crippen molar-refractivity contribution in [3.63, 3.8) is 0 Å². The number of likely N-dealkylation sites (tertiary alicyclic amines) is 1. The molecule has 1 N–H and O–H groups in total. The lowest BCUT2D eigenvalue weighted by atomic mass is 9.90. The Morgan fingerprint density at radius 1 is 1.08 bits per heavy atom. The lowest BCUT2D eigenvalue weighted by Crippen LogP contribution is -2.49. The molecule has 6 heteroatoms. The van der Waals surface area contributed by atoms with Crippen LogP contribution in [0.25, 0.3) is 0 Å². The quantitative estimate of drug-likeness (QED) is 0.769. The molecule has 1 saturated carbocycles. The van der Waals surface area contributed by atoms with Crippen LogP contribution < -0.4 is 5.32 Å². The minimum Gasteiger partial charge on any atom is -0.356 e. The summed E-state index contributed by atoms with van der Waals surface area (Å²) in [6, 6.07) is 0.622. The average Bonchev–Trinajstić information content (AvgIpc) is 3.30. The molecule has 0 radical (unpaired) electrons. The maximum atomic E-state index is 12.6. The molecule has 1 atom stereocenters. The number of piperazine rings is 1. The van der Waals surface area contributed by atoms with Crippen LogP contribution in [0.4, 0.5) is 0 Å². The van der Waals surface area contributed by atoms with E-state index in [1.807, 2.05) is 0 Å². The van der Waals surface area contributed by atoms with Crippen LogP contribution in [0.2, 0.25) is 0 Å². The first-order valence-corrected chi connectivity index (χ1v) is 10.4. The summed E-state index contributed by atoms with van der Waals surface area (Å²) in [5.41, 5.74) is 0.409. The summed E-state index contributed by atoms with van der Waals surface area (Å²) in [7, 11) is 0. The fraction of sp³-hybridized carbons (Fsp3) is 0.900. The Bertz CT molecular complexity index is 506. The molecule has 0 aromatic rings. The minimum atomic E-state index is 0.0638. The Hall–Kier alpha value is -1.14. The minimum absolute atomic E-state index is 0.0638. The second-order valence-corrected chi connectivity index (χ2v) is 8.80. The monoisotopic (exact) mass is 364 g/mol. The Balaban J connectivity index is 1.33. The predicted octanol–water partition coefficient (Wildman–Crippen LogP) is 1.17. The normalized spacial score (nSPS) is 26.3. The molecule has 6 nitrogen and oxygen atoms in total. The molecule has 0 aromatic heterocycles. The summed E-state index contributed by atoms with van der Waals surface area (Å²) in [5.74, 6) is 1.01. The topological polar surface area (TPSA) is 55.9 Å². The van der Waals surface area contributed by atoms with Crippen molar-refractivity contribution in [1.82, 2.24) is 20.0 Å². The number of carbonyl (C=O) groups is 2. The third-order valence-electron chi connectivity index (χ3n) is 6.85. The van der Waals surface area contributed by atoms with Crippen molar-refractivity contribution in [1.29, 1.82) is 0 Å². The van der Waals surface area contributed by atoms with E-state index in [4.69, 9.17) is 0 Å². The van der Waals surface area contributed by atoms with Gasteiger partial charge >= 0.3 is 0 Å². The van der Waals surface area contributed by atoms with Crippen molar-refractivity contribution in [2.45, 2.75) is 52.5 Å². The van der Waals surface area contributed by atoms with Gasteiger partial charge < -0.3 is 15.1 Å². The average molecular weight is 365 g/mol. The van der Waals surface area contributed by atoms with Crippen LogP contribution in [0.3, 0.4) is 0 Å². The van der Waals surface area contributed by atoms with Gasteiger partial charge in [0.15, 0.2) is 0 Å². The zero-order valence-electron chi connectivity index (χ0n) is 16.8. The number of rotatable bonds is 6. The molecule has 3 rings (SSSR count). The third kappa shape index (κ3) is 4.77. The first-order chi connectivity index (χ1) is 12.4. The van der Waals surface area contributed by atoms with E-state index in [1.165, 1.54) is 6.42 Å². The maximum Gasteiger partial charge on any atom is 0.223 e. The van der Waals surface area contributed by atoms with Gasteiger partial charge in [-0.3, -0.25) is 14.5 Å². The molecule has 2 amide bonds. The highest BCUT2D eigenvalue weighted by Gasteiger charge is 2.54. The van der Waals surface area contributed by atoms with E-state index in [-0.39, 0.29) is 5.91 Å². The van der Waals surface area contributed by atoms with Gasteiger partial charge in [0, 0.05) is 71.7 Å². The fourth-order valence-corrected chi connectivity index (χ4v) is 4.72. The zero-order chi connectivity index (χ0) is 18.7. The molecule has 1 spiro atoms. The first-order valence-electron chi connectivity index (χ1n) is 10.4. The van der Waals surface area contributed by atoms with Crippen molar-refractivity contribution in [2.75, 3.05) is 52.4 Å². The second kappa shape index (κ2) is 8.26. The summed E-state index contributed by atoms with van der Waals surface area (Å²) in [6.45, 7) is 14.0. The molecule has 2 heterocycles. The van der Waals surface area contributed by atoms with E-state index >= 15 is 0 Å². The molecular weight excluding hydrogens is 328 g/mol. The molecule has 3 fully saturated rings. The molecule has 3 aliphatic rings. The highest BCUT2D eigenvalue weighted by Crippen LogP contribution is 2.59. The van der Waals surface area contributed by atoms with Crippen LogP contribution in [0.15, 0.2) is 0 Å². The zero-order valence-corrected chi connectivity index (χ0v) is 16.8. The largest absolute Gasteiger partial charge is 0.356 e. The van der Waals surface area contributed by atoms with Gasteiger partial charge in [0.2, 0.25) is 11.8 Å². The summed E-state index contributed by atoms with van der Waals surface area (Å²) in [4.78, 5) is 30.7. The van der Waals surface area contributed by atoms with Gasteiger partial charge in [-0.1, -0.05) is 0 Å². The number of hydrogen-bond acceptors (Lipinski definition) is 4. The van der Waals surface area contributed by atoms with Crippen molar-refractivity contribution >= 4 is 11.8 Å². The Morgan fingerprint density at radius 3 is 2.31 bits per heavy atom. The molecule has 1 aliphatic carbocycles.